The number of imide groups is 1. The van der Waals surface area contributed by atoms with Crippen molar-refractivity contribution in [1.82, 2.24) is 4.42 Å². The zero-order chi connectivity index (χ0) is 21.6. The highest BCUT2D eigenvalue weighted by Gasteiger charge is 2.72. The number of carbonyl (C=O) groups is 2. The Morgan fingerprint density at radius 2 is 2.00 bits per heavy atom. The lowest BCUT2D eigenvalue weighted by atomic mass is 9.68. The Bertz CT molecular complexity index is 693. The molecule has 1 aliphatic carbocycles. The number of methoxy groups -OCH3 is 1. The van der Waals surface area contributed by atoms with E-state index in [1.165, 1.54) is 5.57 Å². The highest BCUT2D eigenvalue weighted by atomic mass is 35.5. The molecule has 2 amide bonds. The average molecular weight is 471 g/mol. The van der Waals surface area contributed by atoms with Crippen LogP contribution in [0.25, 0.3) is 0 Å². The molecule has 0 bridgehead atoms. The Kier molecular flexibility index (Phi) is 6.78. The van der Waals surface area contributed by atoms with Gasteiger partial charge in [0.25, 0.3) is 5.91 Å². The minimum Gasteiger partial charge on any atom is -0.442 e. The molecule has 1 saturated carbocycles. The van der Waals surface area contributed by atoms with Gasteiger partial charge in [-0.05, 0) is 40.0 Å². The fourth-order valence-corrected chi connectivity index (χ4v) is 4.85. The van der Waals surface area contributed by atoms with Gasteiger partial charge < -0.3 is 18.9 Å². The third-order valence-electron chi connectivity index (χ3n) is 6.03. The van der Waals surface area contributed by atoms with E-state index < -0.39 is 34.6 Å². The van der Waals surface area contributed by atoms with Crippen LogP contribution in [0.1, 0.15) is 40.0 Å². The number of alkyl halides is 2. The van der Waals surface area contributed by atoms with Crippen LogP contribution < -0.4 is 0 Å². The Balaban J connectivity index is 1.74. The van der Waals surface area contributed by atoms with E-state index in [0.29, 0.717) is 19.4 Å². The summed E-state index contributed by atoms with van der Waals surface area (Å²) in [5.74, 6) is -1.10. The number of ether oxygens (including phenoxy) is 4. The quantitative estimate of drug-likeness (QED) is 0.253. The van der Waals surface area contributed by atoms with E-state index in [1.807, 2.05) is 20.8 Å². The Labute approximate surface area is 185 Å². The minimum absolute atomic E-state index is 0.0370. The summed E-state index contributed by atoms with van der Waals surface area (Å²) in [4.78, 5) is 22.6. The summed E-state index contributed by atoms with van der Waals surface area (Å²) in [6.07, 6.45) is 2.05. The smallest absolute Gasteiger partial charge is 0.432 e. The molecule has 3 fully saturated rings. The van der Waals surface area contributed by atoms with Crippen LogP contribution in [0.4, 0.5) is 4.79 Å². The summed E-state index contributed by atoms with van der Waals surface area (Å²) < 4.78 is 23.5. The van der Waals surface area contributed by atoms with Crippen LogP contribution in [0.15, 0.2) is 11.6 Å². The molecule has 1 spiro atoms. The fraction of sp³-hybridized carbons (Fsp3) is 0.789. The van der Waals surface area contributed by atoms with Crippen molar-refractivity contribution in [2.75, 3.05) is 13.7 Å². The zero-order valence-corrected chi connectivity index (χ0v) is 19.1. The Morgan fingerprint density at radius 3 is 2.52 bits per heavy atom. The molecule has 0 aromatic rings. The molecule has 7 nitrogen and oxygen atoms in total. The van der Waals surface area contributed by atoms with Crippen LogP contribution in [0, 0.1) is 5.92 Å². The summed E-state index contributed by atoms with van der Waals surface area (Å²) in [5.41, 5.74) is 0.427. The molecule has 0 aromatic heterocycles. The van der Waals surface area contributed by atoms with Gasteiger partial charge in [-0.2, -0.15) is 4.42 Å². The first-order valence-corrected chi connectivity index (χ1v) is 10.7. The van der Waals surface area contributed by atoms with Crippen molar-refractivity contribution in [3.8, 4) is 0 Å². The second-order valence-corrected chi connectivity index (χ2v) is 9.65. The molecule has 0 aromatic carbocycles. The van der Waals surface area contributed by atoms with Gasteiger partial charge in [0, 0.05) is 18.9 Å². The SMILES string of the molecule is COC1C(OC(=O)N(Cl)C(=O)C(Cl)Cl)CCC2(CO2)C1C1(C)OC1CC=C(C)C. The average Bonchev–Trinajstić information content (AvgIpc) is 3.57. The molecule has 2 aliphatic heterocycles. The number of halogens is 3. The van der Waals surface area contributed by atoms with Gasteiger partial charge in [0.05, 0.1) is 18.6 Å². The number of rotatable bonds is 6. The topological polar surface area (TPSA) is 80.9 Å². The van der Waals surface area contributed by atoms with Gasteiger partial charge >= 0.3 is 6.09 Å². The third-order valence-corrected chi connectivity index (χ3v) is 6.71. The first-order valence-electron chi connectivity index (χ1n) is 9.52. The second-order valence-electron chi connectivity index (χ2n) is 8.22. The van der Waals surface area contributed by atoms with E-state index >= 15 is 0 Å². The Hall–Kier alpha value is -0.570. The van der Waals surface area contributed by atoms with Crippen molar-refractivity contribution in [2.45, 2.75) is 74.4 Å². The lowest BCUT2D eigenvalue weighted by Gasteiger charge is -2.42. The van der Waals surface area contributed by atoms with Gasteiger partial charge in [-0.25, -0.2) is 4.79 Å². The summed E-state index contributed by atoms with van der Waals surface area (Å²) >= 11 is 16.7. The normalized spacial score (nSPS) is 37.9. The highest BCUT2D eigenvalue weighted by molar-refractivity contribution is 6.55. The molecule has 6 atom stereocenters. The molecule has 0 radical (unpaired) electrons. The number of hydrogen-bond acceptors (Lipinski definition) is 6. The van der Waals surface area contributed by atoms with E-state index in [1.54, 1.807) is 7.11 Å². The molecule has 164 valence electrons. The van der Waals surface area contributed by atoms with Crippen LogP contribution in [-0.2, 0) is 23.7 Å². The predicted molar refractivity (Wildman–Crippen MR) is 108 cm³/mol. The summed E-state index contributed by atoms with van der Waals surface area (Å²) in [5, 5.41) is 0. The van der Waals surface area contributed by atoms with Crippen LogP contribution in [0.2, 0.25) is 0 Å². The van der Waals surface area contributed by atoms with Crippen LogP contribution in [-0.4, -0.2) is 64.5 Å². The molecule has 6 unspecified atom stereocenters. The fourth-order valence-electron chi connectivity index (χ4n) is 4.42. The summed E-state index contributed by atoms with van der Waals surface area (Å²) in [6, 6.07) is 0. The maximum atomic E-state index is 12.3. The van der Waals surface area contributed by atoms with Gasteiger partial charge in [-0.3, -0.25) is 4.79 Å². The zero-order valence-electron chi connectivity index (χ0n) is 16.8. The maximum Gasteiger partial charge on any atom is 0.432 e. The van der Waals surface area contributed by atoms with Gasteiger partial charge in [-0.1, -0.05) is 34.9 Å². The van der Waals surface area contributed by atoms with Gasteiger partial charge in [0.15, 0.2) is 4.84 Å². The molecule has 3 aliphatic rings. The van der Waals surface area contributed by atoms with Crippen molar-refractivity contribution < 1.29 is 28.5 Å². The molecule has 3 rings (SSSR count). The maximum absolute atomic E-state index is 12.3. The molecule has 0 N–H and O–H groups in total. The van der Waals surface area contributed by atoms with E-state index in [4.69, 9.17) is 53.9 Å². The van der Waals surface area contributed by atoms with E-state index in [2.05, 4.69) is 6.08 Å². The van der Waals surface area contributed by atoms with E-state index in [0.717, 1.165) is 6.42 Å². The van der Waals surface area contributed by atoms with Gasteiger partial charge in [0.2, 0.25) is 0 Å². The van der Waals surface area contributed by atoms with E-state index in [9.17, 15) is 9.59 Å². The van der Waals surface area contributed by atoms with Crippen LogP contribution >= 0.6 is 35.0 Å². The molecular weight excluding hydrogens is 445 g/mol. The first-order chi connectivity index (χ1) is 13.6. The number of nitrogens with zero attached hydrogens (tertiary/aromatic N) is 1. The van der Waals surface area contributed by atoms with Crippen molar-refractivity contribution in [1.29, 1.82) is 0 Å². The van der Waals surface area contributed by atoms with Crippen molar-refractivity contribution in [2.24, 2.45) is 5.92 Å². The molecule has 2 saturated heterocycles. The number of carbonyl (C=O) groups excluding carboxylic acids is 2. The van der Waals surface area contributed by atoms with Gasteiger partial charge in [0.1, 0.15) is 23.4 Å². The minimum atomic E-state index is -1.46. The monoisotopic (exact) mass is 469 g/mol. The first kappa shape index (κ1) is 23.1. The molecular formula is C19H26Cl3NO6. The van der Waals surface area contributed by atoms with Crippen molar-refractivity contribution in [3.63, 3.8) is 0 Å². The predicted octanol–water partition coefficient (Wildman–Crippen LogP) is 3.99. The van der Waals surface area contributed by atoms with Crippen LogP contribution in [0.5, 0.6) is 0 Å². The van der Waals surface area contributed by atoms with E-state index in [-0.39, 0.29) is 22.0 Å². The lowest BCUT2D eigenvalue weighted by Crippen LogP contribution is -2.56. The number of amides is 2. The lowest BCUT2D eigenvalue weighted by molar-refractivity contribution is -0.130. The second kappa shape index (κ2) is 8.52. The number of hydrogen-bond donors (Lipinski definition) is 0. The standard InChI is InChI=1S/C19H26Cl3NO6/c1-10(2)5-6-12-18(3,29-12)14-13(26-4)11(7-8-19(14)9-27-19)28-17(25)23(22)16(24)15(20)21/h5,11-15H,6-9H2,1-4H3. The van der Waals surface area contributed by atoms with Gasteiger partial charge in [-0.15, -0.1) is 0 Å². The highest BCUT2D eigenvalue weighted by Crippen LogP contribution is 2.59. The third kappa shape index (κ3) is 4.55. The Morgan fingerprint density at radius 1 is 1.34 bits per heavy atom. The van der Waals surface area contributed by atoms with Crippen molar-refractivity contribution >= 4 is 47.0 Å². The largest absolute Gasteiger partial charge is 0.442 e. The molecule has 2 heterocycles. The summed E-state index contributed by atoms with van der Waals surface area (Å²) in [7, 11) is 1.56. The number of epoxide rings is 2. The molecule has 29 heavy (non-hydrogen) atoms. The van der Waals surface area contributed by atoms with Crippen molar-refractivity contribution in [3.05, 3.63) is 11.6 Å². The molecule has 10 heteroatoms. The number of allylic oxidation sites excluding steroid dienone is 1. The summed E-state index contributed by atoms with van der Waals surface area (Å²) in [6.45, 7) is 6.76. The van der Waals surface area contributed by atoms with Crippen LogP contribution in [0.3, 0.4) is 0 Å².